The summed E-state index contributed by atoms with van der Waals surface area (Å²) in [5.41, 5.74) is 2.88. The van der Waals surface area contributed by atoms with Gasteiger partial charge in [-0.2, -0.15) is 0 Å². The Kier molecular flexibility index (Phi) is 2.53. The van der Waals surface area contributed by atoms with E-state index in [4.69, 9.17) is 0 Å². The van der Waals surface area contributed by atoms with E-state index >= 15 is 0 Å². The number of anilines is 3. The monoisotopic (exact) mass is 298 g/mol. The number of benzene rings is 2. The predicted molar refractivity (Wildman–Crippen MR) is 84.2 cm³/mol. The minimum absolute atomic E-state index is 0.167. The molecule has 0 bridgehead atoms. The van der Waals surface area contributed by atoms with Gasteiger partial charge in [0.1, 0.15) is 10.8 Å². The zero-order chi connectivity index (χ0) is 14.6. The van der Waals surface area contributed by atoms with E-state index in [1.54, 1.807) is 6.07 Å². The summed E-state index contributed by atoms with van der Waals surface area (Å²) in [6.45, 7) is 2.00. The van der Waals surface area contributed by atoms with Crippen molar-refractivity contribution < 1.29 is 9.18 Å². The summed E-state index contributed by atoms with van der Waals surface area (Å²) < 4.78 is 14.4. The summed E-state index contributed by atoms with van der Waals surface area (Å²) >= 11 is 1.50. The first-order chi connectivity index (χ1) is 10.1. The van der Waals surface area contributed by atoms with E-state index in [-0.39, 0.29) is 11.7 Å². The SMILES string of the molecule is Cc1ccc2sc3c(c2c1)C(=O)Nc1ccc(F)cc1N3. The number of rotatable bonds is 0. The van der Waals surface area contributed by atoms with Gasteiger partial charge in [-0.05, 0) is 37.3 Å². The molecule has 2 aromatic carbocycles. The zero-order valence-electron chi connectivity index (χ0n) is 11.2. The van der Waals surface area contributed by atoms with Gasteiger partial charge in [0.05, 0.1) is 16.9 Å². The van der Waals surface area contributed by atoms with Crippen LogP contribution in [0, 0.1) is 12.7 Å². The van der Waals surface area contributed by atoms with Crippen LogP contribution in [0.1, 0.15) is 15.9 Å². The van der Waals surface area contributed by atoms with Crippen molar-refractivity contribution in [2.24, 2.45) is 0 Å². The third-order valence-corrected chi connectivity index (χ3v) is 4.63. The highest BCUT2D eigenvalue weighted by molar-refractivity contribution is 7.23. The fourth-order valence-corrected chi connectivity index (χ4v) is 3.65. The Bertz CT molecular complexity index is 901. The van der Waals surface area contributed by atoms with Crippen LogP contribution >= 0.6 is 11.3 Å². The maximum absolute atomic E-state index is 13.4. The van der Waals surface area contributed by atoms with Gasteiger partial charge in [-0.25, -0.2) is 4.39 Å². The Balaban J connectivity index is 1.98. The number of thiophene rings is 1. The van der Waals surface area contributed by atoms with E-state index in [2.05, 4.69) is 10.6 Å². The van der Waals surface area contributed by atoms with Crippen molar-refractivity contribution in [3.05, 3.63) is 53.3 Å². The molecular formula is C16H11FN2OS. The molecule has 2 N–H and O–H groups in total. The molecule has 1 amide bonds. The molecule has 3 aromatic rings. The second-order valence-corrected chi connectivity index (χ2v) is 6.13. The molecule has 2 heterocycles. The lowest BCUT2D eigenvalue weighted by Gasteiger charge is -2.07. The first-order valence-corrected chi connectivity index (χ1v) is 7.34. The molecule has 3 nitrogen and oxygen atoms in total. The fraction of sp³-hybridized carbons (Fsp3) is 0.0625. The molecule has 5 heteroatoms. The Hall–Kier alpha value is -2.40. The van der Waals surface area contributed by atoms with Crippen molar-refractivity contribution in [1.29, 1.82) is 0 Å². The van der Waals surface area contributed by atoms with E-state index in [9.17, 15) is 9.18 Å². The van der Waals surface area contributed by atoms with Gasteiger partial charge in [0.15, 0.2) is 0 Å². The van der Waals surface area contributed by atoms with E-state index in [0.717, 1.165) is 20.7 Å². The molecule has 0 unspecified atom stereocenters. The first kappa shape index (κ1) is 12.3. The molecule has 0 spiro atoms. The molecule has 21 heavy (non-hydrogen) atoms. The maximum atomic E-state index is 13.4. The van der Waals surface area contributed by atoms with E-state index in [1.807, 2.05) is 25.1 Å². The summed E-state index contributed by atoms with van der Waals surface area (Å²) in [4.78, 5) is 12.5. The second kappa shape index (κ2) is 4.30. The van der Waals surface area contributed by atoms with Gasteiger partial charge in [-0.1, -0.05) is 11.6 Å². The number of hydrogen-bond acceptors (Lipinski definition) is 3. The second-order valence-electron chi connectivity index (χ2n) is 5.07. The van der Waals surface area contributed by atoms with Crippen molar-refractivity contribution in [3.63, 3.8) is 0 Å². The van der Waals surface area contributed by atoms with E-state index in [1.165, 1.54) is 23.5 Å². The van der Waals surface area contributed by atoms with Crippen LogP contribution in [-0.4, -0.2) is 5.91 Å². The molecule has 0 fully saturated rings. The molecule has 1 aliphatic heterocycles. The van der Waals surface area contributed by atoms with Crippen LogP contribution in [0.15, 0.2) is 36.4 Å². The van der Waals surface area contributed by atoms with Crippen LogP contribution in [0.3, 0.4) is 0 Å². The third-order valence-electron chi connectivity index (χ3n) is 3.55. The Morgan fingerprint density at radius 2 is 1.90 bits per heavy atom. The summed E-state index contributed by atoms with van der Waals surface area (Å²) in [5, 5.41) is 7.69. The Morgan fingerprint density at radius 3 is 2.76 bits per heavy atom. The maximum Gasteiger partial charge on any atom is 0.259 e. The summed E-state index contributed by atoms with van der Waals surface area (Å²) in [5.74, 6) is -0.504. The number of amides is 1. The van der Waals surface area contributed by atoms with Crippen molar-refractivity contribution >= 4 is 43.7 Å². The summed E-state index contributed by atoms with van der Waals surface area (Å²) in [7, 11) is 0. The van der Waals surface area contributed by atoms with Crippen LogP contribution in [-0.2, 0) is 0 Å². The van der Waals surface area contributed by atoms with Crippen LogP contribution < -0.4 is 10.6 Å². The van der Waals surface area contributed by atoms with Crippen molar-refractivity contribution in [2.75, 3.05) is 10.6 Å². The van der Waals surface area contributed by atoms with Gasteiger partial charge in [-0.15, -0.1) is 11.3 Å². The minimum atomic E-state index is -0.337. The topological polar surface area (TPSA) is 41.1 Å². The van der Waals surface area contributed by atoms with Crippen LogP contribution in [0.5, 0.6) is 0 Å². The molecule has 0 radical (unpaired) electrons. The number of carbonyl (C=O) groups excluding carboxylic acids is 1. The Labute approximate surface area is 124 Å². The van der Waals surface area contributed by atoms with Gasteiger partial charge < -0.3 is 10.6 Å². The number of carbonyl (C=O) groups is 1. The standard InChI is InChI=1S/C16H11FN2OS/c1-8-2-5-13-10(6-8)14-15(20)18-11-4-3-9(17)7-12(11)19-16(14)21-13/h2-7,19H,1H3,(H,18,20). The van der Waals surface area contributed by atoms with Crippen LogP contribution in [0.4, 0.5) is 20.8 Å². The van der Waals surface area contributed by atoms with E-state index < -0.39 is 0 Å². The van der Waals surface area contributed by atoms with Gasteiger partial charge in [0.2, 0.25) is 0 Å². The molecule has 0 saturated heterocycles. The molecule has 104 valence electrons. The average molecular weight is 298 g/mol. The molecular weight excluding hydrogens is 287 g/mol. The number of nitrogens with one attached hydrogen (secondary N) is 2. The number of halogens is 1. The van der Waals surface area contributed by atoms with Gasteiger partial charge in [-0.3, -0.25) is 4.79 Å². The lowest BCUT2D eigenvalue weighted by molar-refractivity contribution is 0.103. The zero-order valence-corrected chi connectivity index (χ0v) is 12.0. The van der Waals surface area contributed by atoms with Gasteiger partial charge >= 0.3 is 0 Å². The van der Waals surface area contributed by atoms with Crippen molar-refractivity contribution in [3.8, 4) is 0 Å². The highest BCUT2D eigenvalue weighted by Gasteiger charge is 2.24. The number of aryl methyl sites for hydroxylation is 1. The molecule has 0 aliphatic carbocycles. The molecule has 0 atom stereocenters. The van der Waals surface area contributed by atoms with Crippen LogP contribution in [0.2, 0.25) is 0 Å². The van der Waals surface area contributed by atoms with Crippen LogP contribution in [0.25, 0.3) is 10.1 Å². The largest absolute Gasteiger partial charge is 0.345 e. The normalized spacial score (nSPS) is 13.1. The van der Waals surface area contributed by atoms with Gasteiger partial charge in [0.25, 0.3) is 5.91 Å². The van der Waals surface area contributed by atoms with E-state index in [0.29, 0.717) is 16.9 Å². The summed E-state index contributed by atoms with van der Waals surface area (Å²) in [6, 6.07) is 10.3. The lowest BCUT2D eigenvalue weighted by atomic mass is 10.1. The fourth-order valence-electron chi connectivity index (χ4n) is 2.56. The smallest absolute Gasteiger partial charge is 0.259 e. The molecule has 1 aromatic heterocycles. The third kappa shape index (κ3) is 1.89. The summed E-state index contributed by atoms with van der Waals surface area (Å²) in [6.07, 6.45) is 0. The first-order valence-electron chi connectivity index (χ1n) is 6.53. The quantitative estimate of drug-likeness (QED) is 0.634. The predicted octanol–water partition coefficient (Wildman–Crippen LogP) is 4.66. The highest BCUT2D eigenvalue weighted by Crippen LogP contribution is 2.41. The molecule has 0 saturated carbocycles. The molecule has 1 aliphatic rings. The number of fused-ring (bicyclic) bond motifs is 4. The minimum Gasteiger partial charge on any atom is -0.345 e. The number of hydrogen-bond donors (Lipinski definition) is 2. The van der Waals surface area contributed by atoms with Crippen molar-refractivity contribution in [2.45, 2.75) is 6.92 Å². The highest BCUT2D eigenvalue weighted by atomic mass is 32.1. The van der Waals surface area contributed by atoms with Gasteiger partial charge in [0, 0.05) is 10.1 Å². The Morgan fingerprint density at radius 1 is 1.05 bits per heavy atom. The van der Waals surface area contributed by atoms with Crippen molar-refractivity contribution in [1.82, 2.24) is 0 Å². The molecule has 4 rings (SSSR count). The average Bonchev–Trinajstić information content (AvgIpc) is 2.72. The lowest BCUT2D eigenvalue weighted by Crippen LogP contribution is -2.10.